The summed E-state index contributed by atoms with van der Waals surface area (Å²) in [4.78, 5) is 2.17. The standard InChI is InChI=1S/C8H16N2S/c1-8(2)5-10(6-11)4-3-7(8)9/h6-7H,3-5,9H2,1-2H3/t7-/m0/s1. The summed E-state index contributed by atoms with van der Waals surface area (Å²) in [6.07, 6.45) is 1.06. The molecule has 0 unspecified atom stereocenters. The number of nitrogens with two attached hydrogens (primary N) is 1. The number of hydrogen-bond acceptors (Lipinski definition) is 2. The highest BCUT2D eigenvalue weighted by molar-refractivity contribution is 7.78. The van der Waals surface area contributed by atoms with Crippen molar-refractivity contribution in [3.8, 4) is 0 Å². The molecule has 0 aromatic heterocycles. The van der Waals surface area contributed by atoms with E-state index < -0.39 is 0 Å². The van der Waals surface area contributed by atoms with Crippen LogP contribution in [0.25, 0.3) is 0 Å². The average Bonchev–Trinajstić information content (AvgIpc) is 1.95. The summed E-state index contributed by atoms with van der Waals surface area (Å²) in [5.74, 6) is 0. The number of hydrogen-bond donors (Lipinski definition) is 1. The smallest absolute Gasteiger partial charge is 0.0641 e. The minimum absolute atomic E-state index is 0.216. The van der Waals surface area contributed by atoms with Gasteiger partial charge >= 0.3 is 0 Å². The van der Waals surface area contributed by atoms with Crippen molar-refractivity contribution in [2.24, 2.45) is 11.1 Å². The van der Waals surface area contributed by atoms with Crippen LogP contribution in [0.5, 0.6) is 0 Å². The third kappa shape index (κ3) is 1.91. The van der Waals surface area contributed by atoms with E-state index in [-0.39, 0.29) is 5.41 Å². The van der Waals surface area contributed by atoms with E-state index in [0.717, 1.165) is 19.5 Å². The molecule has 0 amide bonds. The molecule has 1 rings (SSSR count). The van der Waals surface area contributed by atoms with Gasteiger partial charge in [0.25, 0.3) is 0 Å². The first kappa shape index (κ1) is 8.94. The van der Waals surface area contributed by atoms with Crippen molar-refractivity contribution in [3.05, 3.63) is 0 Å². The highest BCUT2D eigenvalue weighted by atomic mass is 32.1. The Bertz CT molecular complexity index is 156. The first-order chi connectivity index (χ1) is 5.06. The topological polar surface area (TPSA) is 29.3 Å². The molecule has 64 valence electrons. The van der Waals surface area contributed by atoms with Gasteiger partial charge in [-0.25, -0.2) is 0 Å². The van der Waals surface area contributed by atoms with Gasteiger partial charge in [0, 0.05) is 19.1 Å². The van der Waals surface area contributed by atoms with Gasteiger partial charge in [-0.15, -0.1) is 0 Å². The zero-order valence-electron chi connectivity index (χ0n) is 7.21. The average molecular weight is 172 g/mol. The Kier molecular flexibility index (Phi) is 2.50. The number of rotatable bonds is 1. The molecule has 2 N–H and O–H groups in total. The van der Waals surface area contributed by atoms with Crippen LogP contribution in [-0.2, 0) is 0 Å². The van der Waals surface area contributed by atoms with Gasteiger partial charge in [-0.2, -0.15) is 0 Å². The summed E-state index contributed by atoms with van der Waals surface area (Å²) < 4.78 is 0. The molecule has 1 aliphatic rings. The van der Waals surface area contributed by atoms with Gasteiger partial charge in [0.2, 0.25) is 0 Å². The quantitative estimate of drug-likeness (QED) is 0.598. The third-order valence-corrected chi connectivity index (χ3v) is 2.79. The summed E-state index contributed by atoms with van der Waals surface area (Å²) in [7, 11) is 0. The van der Waals surface area contributed by atoms with Gasteiger partial charge in [0.15, 0.2) is 0 Å². The monoisotopic (exact) mass is 172 g/mol. The van der Waals surface area contributed by atoms with Gasteiger partial charge in [-0.3, -0.25) is 0 Å². The number of likely N-dealkylation sites (tertiary alicyclic amines) is 1. The van der Waals surface area contributed by atoms with E-state index in [1.54, 1.807) is 5.49 Å². The van der Waals surface area contributed by atoms with Crippen LogP contribution in [0.2, 0.25) is 0 Å². The highest BCUT2D eigenvalue weighted by Gasteiger charge is 2.32. The molecule has 0 aliphatic carbocycles. The fourth-order valence-corrected chi connectivity index (χ4v) is 1.69. The fraction of sp³-hybridized carbons (Fsp3) is 0.875. The summed E-state index contributed by atoms with van der Waals surface area (Å²) in [5, 5.41) is 0. The third-order valence-electron chi connectivity index (χ3n) is 2.49. The largest absolute Gasteiger partial charge is 0.368 e. The van der Waals surface area contributed by atoms with Crippen molar-refractivity contribution in [2.75, 3.05) is 13.1 Å². The second-order valence-corrected chi connectivity index (χ2v) is 4.17. The molecule has 1 heterocycles. The van der Waals surface area contributed by atoms with Crippen LogP contribution in [0.15, 0.2) is 0 Å². The van der Waals surface area contributed by atoms with Crippen molar-refractivity contribution in [3.63, 3.8) is 0 Å². The second kappa shape index (κ2) is 3.07. The first-order valence-electron chi connectivity index (χ1n) is 4.01. The molecular weight excluding hydrogens is 156 g/mol. The Morgan fingerprint density at radius 3 is 2.73 bits per heavy atom. The molecule has 3 heteroatoms. The Morgan fingerprint density at radius 1 is 1.64 bits per heavy atom. The fourth-order valence-electron chi connectivity index (χ4n) is 1.51. The minimum atomic E-state index is 0.216. The molecule has 1 fully saturated rings. The number of thiocarbonyl (C=S) groups is 1. The second-order valence-electron chi connectivity index (χ2n) is 3.96. The molecule has 2 nitrogen and oxygen atoms in total. The molecule has 1 saturated heterocycles. The van der Waals surface area contributed by atoms with Gasteiger partial charge in [-0.05, 0) is 11.8 Å². The van der Waals surface area contributed by atoms with E-state index in [1.165, 1.54) is 0 Å². The van der Waals surface area contributed by atoms with Crippen molar-refractivity contribution < 1.29 is 0 Å². The van der Waals surface area contributed by atoms with Crippen LogP contribution < -0.4 is 5.73 Å². The summed E-state index contributed by atoms with van der Waals surface area (Å²) >= 11 is 4.87. The van der Waals surface area contributed by atoms with Gasteiger partial charge < -0.3 is 10.6 Å². The maximum absolute atomic E-state index is 5.95. The minimum Gasteiger partial charge on any atom is -0.368 e. The van der Waals surface area contributed by atoms with Crippen molar-refractivity contribution in [1.29, 1.82) is 0 Å². The van der Waals surface area contributed by atoms with E-state index in [4.69, 9.17) is 18.0 Å². The van der Waals surface area contributed by atoms with E-state index in [2.05, 4.69) is 18.7 Å². The lowest BCUT2D eigenvalue weighted by atomic mass is 9.80. The van der Waals surface area contributed by atoms with Crippen LogP contribution in [0.3, 0.4) is 0 Å². The summed E-state index contributed by atoms with van der Waals surface area (Å²) in [6, 6.07) is 0.327. The van der Waals surface area contributed by atoms with E-state index >= 15 is 0 Å². The molecule has 1 aliphatic heterocycles. The summed E-state index contributed by atoms with van der Waals surface area (Å²) in [5.41, 5.74) is 7.91. The van der Waals surface area contributed by atoms with Crippen molar-refractivity contribution in [1.82, 2.24) is 4.90 Å². The van der Waals surface area contributed by atoms with Crippen LogP contribution in [-0.4, -0.2) is 29.5 Å². The summed E-state index contributed by atoms with van der Waals surface area (Å²) in [6.45, 7) is 6.41. The van der Waals surface area contributed by atoms with Crippen LogP contribution in [0, 0.1) is 5.41 Å². The van der Waals surface area contributed by atoms with Gasteiger partial charge in [-0.1, -0.05) is 26.1 Å². The van der Waals surface area contributed by atoms with Crippen molar-refractivity contribution >= 4 is 17.7 Å². The Labute approximate surface area is 73.7 Å². The first-order valence-corrected chi connectivity index (χ1v) is 4.48. The molecule has 11 heavy (non-hydrogen) atoms. The lowest BCUT2D eigenvalue weighted by Crippen LogP contribution is -2.51. The molecule has 1 atom stereocenters. The van der Waals surface area contributed by atoms with E-state index in [0.29, 0.717) is 6.04 Å². The molecule has 0 radical (unpaired) electrons. The lowest BCUT2D eigenvalue weighted by molar-refractivity contribution is 0.153. The lowest BCUT2D eigenvalue weighted by Gasteiger charge is -2.41. The van der Waals surface area contributed by atoms with E-state index in [9.17, 15) is 0 Å². The number of nitrogens with zero attached hydrogens (tertiary/aromatic N) is 1. The maximum atomic E-state index is 5.95. The SMILES string of the molecule is CC1(C)CN(C=S)CC[C@@H]1N. The maximum Gasteiger partial charge on any atom is 0.0641 e. The predicted molar refractivity (Wildman–Crippen MR) is 51.6 cm³/mol. The Balaban J connectivity index is 2.58. The predicted octanol–water partition coefficient (Wildman–Crippen LogP) is 1.00. The normalized spacial score (nSPS) is 30.1. The zero-order valence-corrected chi connectivity index (χ0v) is 8.03. The Hall–Kier alpha value is -0.150. The molecule has 0 spiro atoms. The molecular formula is C8H16N2S. The van der Waals surface area contributed by atoms with Gasteiger partial charge in [0.1, 0.15) is 0 Å². The van der Waals surface area contributed by atoms with E-state index in [1.807, 2.05) is 0 Å². The van der Waals surface area contributed by atoms with Crippen LogP contribution >= 0.6 is 12.2 Å². The van der Waals surface area contributed by atoms with Crippen LogP contribution in [0.4, 0.5) is 0 Å². The van der Waals surface area contributed by atoms with Crippen molar-refractivity contribution in [2.45, 2.75) is 26.3 Å². The molecule has 0 aromatic carbocycles. The molecule has 0 saturated carbocycles. The van der Waals surface area contributed by atoms with Gasteiger partial charge in [0.05, 0.1) is 5.49 Å². The highest BCUT2D eigenvalue weighted by Crippen LogP contribution is 2.26. The number of piperidine rings is 1. The molecule has 0 bridgehead atoms. The molecule has 0 aromatic rings. The zero-order chi connectivity index (χ0) is 8.48. The Morgan fingerprint density at radius 2 is 2.27 bits per heavy atom. The van der Waals surface area contributed by atoms with Crippen LogP contribution in [0.1, 0.15) is 20.3 Å².